The summed E-state index contributed by atoms with van der Waals surface area (Å²) in [4.78, 5) is 12.3. The van der Waals surface area contributed by atoms with Gasteiger partial charge < -0.3 is 9.47 Å². The van der Waals surface area contributed by atoms with Gasteiger partial charge in [0.15, 0.2) is 11.5 Å². The van der Waals surface area contributed by atoms with Crippen LogP contribution in [0.25, 0.3) is 0 Å². The van der Waals surface area contributed by atoms with Crippen LogP contribution in [0.1, 0.15) is 25.0 Å². The van der Waals surface area contributed by atoms with Gasteiger partial charge in [-0.25, -0.2) is 9.10 Å². The van der Waals surface area contributed by atoms with Crippen molar-refractivity contribution in [2.75, 3.05) is 7.05 Å². The summed E-state index contributed by atoms with van der Waals surface area (Å²) in [6.07, 6.45) is 0.276. The Morgan fingerprint density at radius 3 is 2.72 bits per heavy atom. The zero-order valence-electron chi connectivity index (χ0n) is 14.5. The van der Waals surface area contributed by atoms with Gasteiger partial charge in [-0.3, -0.25) is 4.18 Å². The molecule has 25 heavy (non-hydrogen) atoms. The van der Waals surface area contributed by atoms with Crippen molar-refractivity contribution in [3.63, 3.8) is 0 Å². The molecule has 132 valence electrons. The van der Waals surface area contributed by atoms with Crippen molar-refractivity contribution in [1.82, 2.24) is 4.31 Å². The molecule has 0 radical (unpaired) electrons. The smallest absolute Gasteiger partial charge is 0.426 e. The molecule has 0 spiro atoms. The second kappa shape index (κ2) is 7.37. The van der Waals surface area contributed by atoms with Gasteiger partial charge in [-0.2, -0.15) is 0 Å². The predicted octanol–water partition coefficient (Wildman–Crippen LogP) is 4.61. The lowest BCUT2D eigenvalue weighted by atomic mass is 10.0. The van der Waals surface area contributed by atoms with Crippen LogP contribution in [0.3, 0.4) is 0 Å². The van der Waals surface area contributed by atoms with E-state index in [0.29, 0.717) is 18.1 Å². The molecule has 1 aliphatic rings. The second-order valence-electron chi connectivity index (χ2n) is 6.47. The third-order valence-corrected chi connectivity index (χ3v) is 4.34. The maximum Gasteiger partial charge on any atom is 0.426 e. The molecule has 6 heteroatoms. The summed E-state index contributed by atoms with van der Waals surface area (Å²) < 4.78 is 18.2. The molecule has 0 fully saturated rings. The maximum absolute atomic E-state index is 12.3. The van der Waals surface area contributed by atoms with E-state index in [2.05, 4.69) is 0 Å². The largest absolute Gasteiger partial charge is 0.483 e. The Morgan fingerprint density at radius 2 is 1.96 bits per heavy atom. The zero-order chi connectivity index (χ0) is 17.9. The van der Waals surface area contributed by atoms with Crippen LogP contribution in [0.2, 0.25) is 0 Å². The Bertz CT molecular complexity index is 748. The van der Waals surface area contributed by atoms with Crippen molar-refractivity contribution in [1.29, 1.82) is 0 Å². The van der Waals surface area contributed by atoms with Gasteiger partial charge >= 0.3 is 6.09 Å². The SMILES string of the molecule is CN(SOCc1ccccc1)C(=O)Oc1cccc2c1OC(C)(C)C2. The fourth-order valence-electron chi connectivity index (χ4n) is 2.60. The van der Waals surface area contributed by atoms with Gasteiger partial charge in [0, 0.05) is 19.0 Å². The second-order valence-corrected chi connectivity index (χ2v) is 7.40. The first kappa shape index (κ1) is 17.6. The molecule has 0 aromatic heterocycles. The van der Waals surface area contributed by atoms with E-state index in [1.807, 2.05) is 56.3 Å². The molecule has 1 amide bonds. The fraction of sp³-hybridized carbons (Fsp3) is 0.316. The maximum atomic E-state index is 12.3. The molecule has 0 saturated carbocycles. The highest BCUT2D eigenvalue weighted by atomic mass is 32.2. The van der Waals surface area contributed by atoms with E-state index in [1.54, 1.807) is 13.1 Å². The minimum absolute atomic E-state index is 0.287. The quantitative estimate of drug-likeness (QED) is 0.576. The van der Waals surface area contributed by atoms with E-state index in [-0.39, 0.29) is 5.60 Å². The third-order valence-electron chi connectivity index (χ3n) is 3.74. The summed E-state index contributed by atoms with van der Waals surface area (Å²) in [5.41, 5.74) is 1.80. The lowest BCUT2D eigenvalue weighted by Gasteiger charge is -2.19. The van der Waals surface area contributed by atoms with Crippen molar-refractivity contribution in [3.05, 3.63) is 59.7 Å². The van der Waals surface area contributed by atoms with Gasteiger partial charge in [0.2, 0.25) is 0 Å². The van der Waals surface area contributed by atoms with Crippen LogP contribution in [0.15, 0.2) is 48.5 Å². The number of hydrogen-bond acceptors (Lipinski definition) is 5. The van der Waals surface area contributed by atoms with Crippen LogP contribution in [0.5, 0.6) is 11.5 Å². The topological polar surface area (TPSA) is 48.0 Å². The monoisotopic (exact) mass is 359 g/mol. The summed E-state index contributed by atoms with van der Waals surface area (Å²) >= 11 is 0.950. The highest BCUT2D eigenvalue weighted by Gasteiger charge is 2.33. The number of fused-ring (bicyclic) bond motifs is 1. The van der Waals surface area contributed by atoms with Crippen LogP contribution in [-0.4, -0.2) is 23.0 Å². The van der Waals surface area contributed by atoms with Crippen molar-refractivity contribution in [3.8, 4) is 11.5 Å². The van der Waals surface area contributed by atoms with Crippen LogP contribution in [-0.2, 0) is 17.2 Å². The molecule has 0 unspecified atom stereocenters. The van der Waals surface area contributed by atoms with E-state index in [4.69, 9.17) is 13.7 Å². The molecule has 5 nitrogen and oxygen atoms in total. The standard InChI is InChI=1S/C19H21NO4S/c1-19(2)12-15-10-7-11-16(17(15)24-19)23-18(21)20(3)25-22-13-14-8-5-4-6-9-14/h4-11H,12-13H2,1-3H3. The summed E-state index contributed by atoms with van der Waals surface area (Å²) in [5, 5.41) is 0. The lowest BCUT2D eigenvalue weighted by Crippen LogP contribution is -2.26. The van der Waals surface area contributed by atoms with Gasteiger partial charge in [0.05, 0.1) is 6.61 Å². The summed E-state index contributed by atoms with van der Waals surface area (Å²) in [6, 6.07) is 15.4. The molecule has 0 saturated heterocycles. The Labute approximate surface area is 152 Å². The van der Waals surface area contributed by atoms with Crippen molar-refractivity contribution < 1.29 is 18.5 Å². The van der Waals surface area contributed by atoms with Crippen molar-refractivity contribution in [2.24, 2.45) is 0 Å². The minimum Gasteiger partial charge on any atom is -0.483 e. The van der Waals surface area contributed by atoms with Gasteiger partial charge in [-0.15, -0.1) is 0 Å². The van der Waals surface area contributed by atoms with Gasteiger partial charge in [-0.1, -0.05) is 42.5 Å². The van der Waals surface area contributed by atoms with E-state index in [9.17, 15) is 4.79 Å². The van der Waals surface area contributed by atoms with Crippen LogP contribution in [0.4, 0.5) is 4.79 Å². The van der Waals surface area contributed by atoms with E-state index >= 15 is 0 Å². The van der Waals surface area contributed by atoms with Crippen molar-refractivity contribution >= 4 is 18.3 Å². The fourth-order valence-corrected chi connectivity index (χ4v) is 3.05. The number of carbonyl (C=O) groups is 1. The Balaban J connectivity index is 1.55. The van der Waals surface area contributed by atoms with E-state index in [0.717, 1.165) is 29.8 Å². The van der Waals surface area contributed by atoms with Crippen LogP contribution < -0.4 is 9.47 Å². The highest BCUT2D eigenvalue weighted by Crippen LogP contribution is 2.42. The summed E-state index contributed by atoms with van der Waals surface area (Å²) in [6.45, 7) is 4.43. The minimum atomic E-state index is -0.514. The first-order valence-corrected chi connectivity index (χ1v) is 8.74. The normalized spacial score (nSPS) is 14.5. The van der Waals surface area contributed by atoms with Gasteiger partial charge in [-0.05, 0) is 25.5 Å². The number of para-hydroxylation sites is 1. The molecule has 0 atom stereocenters. The molecular formula is C19H21NO4S. The molecule has 2 aromatic rings. The van der Waals surface area contributed by atoms with Crippen LogP contribution in [0, 0.1) is 0 Å². The molecular weight excluding hydrogens is 338 g/mol. The Morgan fingerprint density at radius 1 is 1.20 bits per heavy atom. The molecule has 0 N–H and O–H groups in total. The Hall–Kier alpha value is -2.18. The van der Waals surface area contributed by atoms with Gasteiger partial charge in [0.25, 0.3) is 0 Å². The first-order valence-electron chi connectivity index (χ1n) is 8.04. The average Bonchev–Trinajstić information content (AvgIpc) is 2.90. The van der Waals surface area contributed by atoms with E-state index < -0.39 is 6.09 Å². The molecule has 1 heterocycles. The Kier molecular flexibility index (Phi) is 5.20. The number of nitrogens with zero attached hydrogens (tertiary/aromatic N) is 1. The molecule has 1 aliphatic heterocycles. The zero-order valence-corrected chi connectivity index (χ0v) is 15.3. The lowest BCUT2D eigenvalue weighted by molar-refractivity contribution is 0.131. The van der Waals surface area contributed by atoms with E-state index in [1.165, 1.54) is 4.31 Å². The van der Waals surface area contributed by atoms with Crippen LogP contribution >= 0.6 is 12.2 Å². The number of amides is 1. The number of rotatable bonds is 5. The van der Waals surface area contributed by atoms with Gasteiger partial charge in [0.1, 0.15) is 17.8 Å². The molecule has 0 aliphatic carbocycles. The third kappa shape index (κ3) is 4.46. The first-order chi connectivity index (χ1) is 11.9. The number of benzene rings is 2. The number of carbonyl (C=O) groups excluding carboxylic acids is 1. The van der Waals surface area contributed by atoms with Crippen molar-refractivity contribution in [2.45, 2.75) is 32.5 Å². The average molecular weight is 359 g/mol. The molecule has 2 aromatic carbocycles. The summed E-state index contributed by atoms with van der Waals surface area (Å²) in [7, 11) is 1.60. The molecule has 0 bridgehead atoms. The number of ether oxygens (including phenoxy) is 2. The predicted molar refractivity (Wildman–Crippen MR) is 97.5 cm³/mol. The summed E-state index contributed by atoms with van der Waals surface area (Å²) in [5.74, 6) is 1.08. The highest BCUT2D eigenvalue weighted by molar-refractivity contribution is 7.92. The molecule has 3 rings (SSSR count). The number of hydrogen-bond donors (Lipinski definition) is 0.